The Labute approximate surface area is 180 Å². The fourth-order valence-electron chi connectivity index (χ4n) is 2.82. The minimum atomic E-state index is -0.554. The molecule has 2 amide bonds. The highest BCUT2D eigenvalue weighted by atomic mass is 32.2. The molecule has 1 aliphatic rings. The lowest BCUT2D eigenvalue weighted by Gasteiger charge is -2.28. The Bertz CT molecular complexity index is 913. The second-order valence-corrected chi connectivity index (χ2v) is 7.70. The molecule has 1 N–H and O–H groups in total. The molecule has 0 bridgehead atoms. The van der Waals surface area contributed by atoms with Crippen molar-refractivity contribution in [1.29, 1.82) is 0 Å². The average Bonchev–Trinajstić information content (AvgIpc) is 2.74. The summed E-state index contributed by atoms with van der Waals surface area (Å²) >= 11 is 1.28. The molecule has 0 unspecified atom stereocenters. The van der Waals surface area contributed by atoms with Crippen LogP contribution in [-0.2, 0) is 9.59 Å². The predicted molar refractivity (Wildman–Crippen MR) is 120 cm³/mol. The van der Waals surface area contributed by atoms with Gasteiger partial charge in [0.05, 0.1) is 18.9 Å². The van der Waals surface area contributed by atoms with Gasteiger partial charge in [0.2, 0.25) is 11.8 Å². The van der Waals surface area contributed by atoms with E-state index in [-0.39, 0.29) is 18.2 Å². The van der Waals surface area contributed by atoms with Crippen molar-refractivity contribution in [3.8, 4) is 11.5 Å². The number of rotatable bonds is 7. The molecular weight excluding hydrogens is 402 g/mol. The Morgan fingerprint density at radius 2 is 1.63 bits per heavy atom. The van der Waals surface area contributed by atoms with E-state index in [1.807, 2.05) is 38.1 Å². The molecule has 8 heteroatoms. The summed E-state index contributed by atoms with van der Waals surface area (Å²) in [4.78, 5) is 31.2. The number of anilines is 1. The average molecular weight is 428 g/mol. The van der Waals surface area contributed by atoms with Gasteiger partial charge in [-0.3, -0.25) is 14.5 Å². The molecule has 158 valence electrons. The zero-order chi connectivity index (χ0) is 21.5. The predicted octanol–water partition coefficient (Wildman–Crippen LogP) is 4.07. The van der Waals surface area contributed by atoms with Crippen LogP contribution < -0.4 is 14.8 Å². The number of ether oxygens (including phenoxy) is 2. The third-order valence-electron chi connectivity index (χ3n) is 4.37. The van der Waals surface area contributed by atoms with Crippen molar-refractivity contribution in [2.24, 2.45) is 4.99 Å². The maximum absolute atomic E-state index is 12.7. The van der Waals surface area contributed by atoms with E-state index in [9.17, 15) is 9.59 Å². The van der Waals surface area contributed by atoms with Gasteiger partial charge in [-0.1, -0.05) is 11.8 Å². The highest BCUT2D eigenvalue weighted by Gasteiger charge is 2.34. The Morgan fingerprint density at radius 3 is 2.20 bits per heavy atom. The normalized spacial score (nSPS) is 17.7. The van der Waals surface area contributed by atoms with Crippen LogP contribution in [0.15, 0.2) is 53.5 Å². The Morgan fingerprint density at radius 1 is 1.07 bits per heavy atom. The lowest BCUT2D eigenvalue weighted by Crippen LogP contribution is -2.43. The highest BCUT2D eigenvalue weighted by molar-refractivity contribution is 8.15. The summed E-state index contributed by atoms with van der Waals surface area (Å²) in [5.41, 5.74) is 1.34. The lowest BCUT2D eigenvalue weighted by atomic mass is 10.2. The first kappa shape index (κ1) is 21.7. The standard InChI is InChI=1S/C22H25N3O4S/c1-4-28-17-10-6-15(7-11-17)23-21(27)19-14-20(26)25(3)22(30-19)24-16-8-12-18(13-9-16)29-5-2/h6-13,19H,4-5,14H2,1-3H3,(H,23,27)/t19-/m0/s1. The van der Waals surface area contributed by atoms with Crippen LogP contribution in [0.4, 0.5) is 11.4 Å². The van der Waals surface area contributed by atoms with Crippen molar-refractivity contribution in [3.05, 3.63) is 48.5 Å². The molecule has 0 spiro atoms. The number of benzene rings is 2. The van der Waals surface area contributed by atoms with Crippen molar-refractivity contribution in [3.63, 3.8) is 0 Å². The van der Waals surface area contributed by atoms with Crippen LogP contribution in [0.1, 0.15) is 20.3 Å². The van der Waals surface area contributed by atoms with Crippen LogP contribution in [0.3, 0.4) is 0 Å². The molecular formula is C22H25N3O4S. The molecule has 2 aromatic carbocycles. The fourth-order valence-corrected chi connectivity index (χ4v) is 3.88. The number of hydrogen-bond acceptors (Lipinski definition) is 6. The second kappa shape index (κ2) is 10.2. The Kier molecular flexibility index (Phi) is 7.35. The number of nitrogens with one attached hydrogen (secondary N) is 1. The summed E-state index contributed by atoms with van der Waals surface area (Å²) in [6.07, 6.45) is 0.117. The molecule has 0 radical (unpaired) electrons. The molecule has 1 fully saturated rings. The van der Waals surface area contributed by atoms with Gasteiger partial charge in [0, 0.05) is 19.2 Å². The van der Waals surface area contributed by atoms with Crippen LogP contribution in [0, 0.1) is 0 Å². The van der Waals surface area contributed by atoms with E-state index in [4.69, 9.17) is 9.47 Å². The van der Waals surface area contributed by atoms with Crippen molar-refractivity contribution in [2.45, 2.75) is 25.5 Å². The van der Waals surface area contributed by atoms with Crippen LogP contribution >= 0.6 is 11.8 Å². The van der Waals surface area contributed by atoms with Gasteiger partial charge in [0.25, 0.3) is 0 Å². The highest BCUT2D eigenvalue weighted by Crippen LogP contribution is 2.29. The van der Waals surface area contributed by atoms with Gasteiger partial charge in [-0.2, -0.15) is 0 Å². The molecule has 1 saturated heterocycles. The second-order valence-electron chi connectivity index (χ2n) is 6.53. The number of thioether (sulfide) groups is 1. The monoisotopic (exact) mass is 427 g/mol. The first-order chi connectivity index (χ1) is 14.5. The molecule has 0 aliphatic carbocycles. The number of carbonyl (C=O) groups excluding carboxylic acids is 2. The van der Waals surface area contributed by atoms with Crippen molar-refractivity contribution in [2.75, 3.05) is 25.6 Å². The topological polar surface area (TPSA) is 80.2 Å². The van der Waals surface area contributed by atoms with Gasteiger partial charge in [-0.05, 0) is 62.4 Å². The molecule has 30 heavy (non-hydrogen) atoms. The zero-order valence-electron chi connectivity index (χ0n) is 17.3. The van der Waals surface area contributed by atoms with Gasteiger partial charge in [0.15, 0.2) is 5.17 Å². The van der Waals surface area contributed by atoms with E-state index in [0.29, 0.717) is 29.8 Å². The number of carbonyl (C=O) groups is 2. The molecule has 0 saturated carbocycles. The van der Waals surface area contributed by atoms with E-state index in [1.165, 1.54) is 16.7 Å². The molecule has 7 nitrogen and oxygen atoms in total. The van der Waals surface area contributed by atoms with Gasteiger partial charge >= 0.3 is 0 Å². The van der Waals surface area contributed by atoms with Crippen LogP contribution in [-0.4, -0.2) is 47.4 Å². The molecule has 3 rings (SSSR count). The fraction of sp³-hybridized carbons (Fsp3) is 0.318. The van der Waals surface area contributed by atoms with Crippen LogP contribution in [0.25, 0.3) is 0 Å². The number of nitrogens with zero attached hydrogens (tertiary/aromatic N) is 2. The minimum absolute atomic E-state index is 0.117. The van der Waals surface area contributed by atoms with Crippen LogP contribution in [0.2, 0.25) is 0 Å². The zero-order valence-corrected chi connectivity index (χ0v) is 18.1. The van der Waals surface area contributed by atoms with E-state index >= 15 is 0 Å². The molecule has 1 atom stereocenters. The maximum Gasteiger partial charge on any atom is 0.238 e. The first-order valence-corrected chi connectivity index (χ1v) is 10.7. The summed E-state index contributed by atoms with van der Waals surface area (Å²) in [5, 5.41) is 2.80. The van der Waals surface area contributed by atoms with E-state index in [1.54, 1.807) is 31.3 Å². The number of aliphatic imine (C=N–C) groups is 1. The number of hydrogen-bond donors (Lipinski definition) is 1. The van der Waals surface area contributed by atoms with Gasteiger partial charge < -0.3 is 14.8 Å². The quantitative estimate of drug-likeness (QED) is 0.720. The SMILES string of the molecule is CCOc1ccc(N=C2S[C@H](C(=O)Nc3ccc(OCC)cc3)CC(=O)N2C)cc1. The maximum atomic E-state index is 12.7. The number of amidine groups is 1. The molecule has 2 aromatic rings. The van der Waals surface area contributed by atoms with Gasteiger partial charge in [0.1, 0.15) is 16.7 Å². The summed E-state index contributed by atoms with van der Waals surface area (Å²) in [7, 11) is 1.67. The lowest BCUT2D eigenvalue weighted by molar-refractivity contribution is -0.128. The van der Waals surface area contributed by atoms with Gasteiger partial charge in [-0.15, -0.1) is 0 Å². The van der Waals surface area contributed by atoms with E-state index < -0.39 is 5.25 Å². The molecule has 1 aliphatic heterocycles. The minimum Gasteiger partial charge on any atom is -0.494 e. The van der Waals surface area contributed by atoms with Gasteiger partial charge in [-0.25, -0.2) is 4.99 Å². The Balaban J connectivity index is 1.70. The molecule has 1 heterocycles. The summed E-state index contributed by atoms with van der Waals surface area (Å²) < 4.78 is 10.8. The van der Waals surface area contributed by atoms with Crippen LogP contribution in [0.5, 0.6) is 11.5 Å². The first-order valence-electron chi connectivity index (χ1n) is 9.78. The Hall–Kier alpha value is -3.00. The van der Waals surface area contributed by atoms with E-state index in [0.717, 1.165) is 11.5 Å². The van der Waals surface area contributed by atoms with Crippen molar-refractivity contribution < 1.29 is 19.1 Å². The third kappa shape index (κ3) is 5.54. The summed E-state index contributed by atoms with van der Waals surface area (Å²) in [5.74, 6) is 1.12. The van der Waals surface area contributed by atoms with E-state index in [2.05, 4.69) is 10.3 Å². The third-order valence-corrected chi connectivity index (χ3v) is 5.61. The summed E-state index contributed by atoms with van der Waals surface area (Å²) in [6, 6.07) is 14.4. The number of amides is 2. The van der Waals surface area contributed by atoms with Crippen molar-refractivity contribution in [1.82, 2.24) is 4.90 Å². The summed E-state index contributed by atoms with van der Waals surface area (Å²) in [6.45, 7) is 5.00. The van der Waals surface area contributed by atoms with Crippen molar-refractivity contribution >= 4 is 40.1 Å². The smallest absolute Gasteiger partial charge is 0.238 e. The largest absolute Gasteiger partial charge is 0.494 e. The molecule has 0 aromatic heterocycles.